The van der Waals surface area contributed by atoms with Gasteiger partial charge in [-0.2, -0.15) is 0 Å². The van der Waals surface area contributed by atoms with Gasteiger partial charge in [-0.15, -0.1) is 0 Å². The van der Waals surface area contributed by atoms with Crippen molar-refractivity contribution in [2.75, 3.05) is 31.2 Å². The van der Waals surface area contributed by atoms with Crippen LogP contribution < -0.4 is 11.1 Å². The van der Waals surface area contributed by atoms with Crippen LogP contribution in [-0.4, -0.2) is 48.3 Å². The van der Waals surface area contributed by atoms with Crippen LogP contribution in [0.1, 0.15) is 23.2 Å². The lowest BCUT2D eigenvalue weighted by Gasteiger charge is -2.22. The number of methoxy groups -OCH3 is 1. The number of nitrogens with one attached hydrogen (secondary N) is 1. The molecule has 1 aromatic carbocycles. The van der Waals surface area contributed by atoms with Crippen LogP contribution in [0.3, 0.4) is 0 Å². The normalized spacial score (nSPS) is 17.6. The average Bonchev–Trinajstić information content (AvgIpc) is 2.93. The number of nitrogen functional groups attached to an aromatic ring is 1. The number of esters is 1. The van der Waals surface area contributed by atoms with Crippen LogP contribution in [0, 0.1) is 0 Å². The summed E-state index contributed by atoms with van der Waals surface area (Å²) in [6, 6.07) is 4.80. The number of nitrogens with two attached hydrogens (primary N) is 1. The third-order valence-electron chi connectivity index (χ3n) is 3.62. The van der Waals surface area contributed by atoms with Gasteiger partial charge in [-0.3, -0.25) is 0 Å². The first kappa shape index (κ1) is 15.0. The number of nitrogens with zero attached hydrogens (tertiary/aromatic N) is 1. The Balaban J connectivity index is 2.00. The third-order valence-corrected chi connectivity index (χ3v) is 3.62. The summed E-state index contributed by atoms with van der Waals surface area (Å²) in [5.74, 6) is -0.443. The van der Waals surface area contributed by atoms with Gasteiger partial charge in [0.15, 0.2) is 0 Å². The van der Waals surface area contributed by atoms with Gasteiger partial charge in [0.1, 0.15) is 0 Å². The van der Waals surface area contributed by atoms with E-state index < -0.39 is 12.1 Å². The minimum absolute atomic E-state index is 0.0535. The van der Waals surface area contributed by atoms with E-state index in [1.54, 1.807) is 12.1 Å². The van der Waals surface area contributed by atoms with E-state index >= 15 is 0 Å². The van der Waals surface area contributed by atoms with Gasteiger partial charge >= 0.3 is 12.1 Å². The number of ether oxygens (including phenoxy) is 1. The summed E-state index contributed by atoms with van der Waals surface area (Å²) >= 11 is 0. The fraction of sp³-hybridized carbons (Fsp3) is 0.429. The van der Waals surface area contributed by atoms with E-state index in [1.165, 1.54) is 18.1 Å². The number of hydrogen-bond acceptors (Lipinski definition) is 5. The number of likely N-dealkylation sites (tertiary alicyclic amines) is 1. The Hall–Kier alpha value is -2.44. The molecule has 0 radical (unpaired) electrons. The average molecular weight is 293 g/mol. The zero-order valence-corrected chi connectivity index (χ0v) is 11.8. The quantitative estimate of drug-likeness (QED) is 0.575. The molecule has 1 saturated heterocycles. The van der Waals surface area contributed by atoms with Gasteiger partial charge < -0.3 is 25.8 Å². The molecule has 0 aromatic heterocycles. The Morgan fingerprint density at radius 2 is 2.29 bits per heavy atom. The molecule has 7 nitrogen and oxygen atoms in total. The highest BCUT2D eigenvalue weighted by Gasteiger charge is 2.28. The zero-order chi connectivity index (χ0) is 15.4. The molecule has 0 unspecified atom stereocenters. The van der Waals surface area contributed by atoms with E-state index in [-0.39, 0.29) is 6.04 Å². The van der Waals surface area contributed by atoms with Gasteiger partial charge in [-0.25, -0.2) is 9.59 Å². The molecule has 1 aromatic rings. The fourth-order valence-corrected chi connectivity index (χ4v) is 2.50. The number of carbonyl (C=O) groups excluding carboxylic acids is 1. The Kier molecular flexibility index (Phi) is 4.52. The van der Waals surface area contributed by atoms with Crippen molar-refractivity contribution in [2.45, 2.75) is 18.9 Å². The molecule has 2 rings (SSSR count). The molecule has 4 N–H and O–H groups in total. The van der Waals surface area contributed by atoms with Gasteiger partial charge in [0.25, 0.3) is 0 Å². The molecule has 0 bridgehead atoms. The Bertz CT molecular complexity index is 547. The monoisotopic (exact) mass is 293 g/mol. The van der Waals surface area contributed by atoms with Gasteiger partial charge in [-0.05, 0) is 31.0 Å². The molecule has 0 saturated carbocycles. The number of hydrogen-bond donors (Lipinski definition) is 3. The second-order valence-corrected chi connectivity index (χ2v) is 4.95. The van der Waals surface area contributed by atoms with Crippen molar-refractivity contribution in [3.8, 4) is 0 Å². The number of benzene rings is 1. The molecule has 1 fully saturated rings. The molecule has 1 amide bonds. The van der Waals surface area contributed by atoms with Crippen LogP contribution in [0.15, 0.2) is 18.2 Å². The predicted molar refractivity (Wildman–Crippen MR) is 78.4 cm³/mol. The number of anilines is 2. The third kappa shape index (κ3) is 3.36. The summed E-state index contributed by atoms with van der Waals surface area (Å²) < 4.78 is 4.63. The second kappa shape index (κ2) is 6.34. The molecule has 0 spiro atoms. The molecular formula is C14H19N3O4. The second-order valence-electron chi connectivity index (χ2n) is 4.95. The summed E-state index contributed by atoms with van der Waals surface area (Å²) in [5, 5.41) is 12.2. The van der Waals surface area contributed by atoms with Crippen molar-refractivity contribution >= 4 is 23.4 Å². The van der Waals surface area contributed by atoms with Gasteiger partial charge in [0.2, 0.25) is 0 Å². The highest BCUT2D eigenvalue weighted by molar-refractivity contribution is 5.91. The first-order valence-electron chi connectivity index (χ1n) is 6.74. The maximum Gasteiger partial charge on any atom is 0.407 e. The fourth-order valence-electron chi connectivity index (χ4n) is 2.50. The molecular weight excluding hydrogens is 274 g/mol. The van der Waals surface area contributed by atoms with Crippen molar-refractivity contribution in [1.82, 2.24) is 4.90 Å². The molecule has 0 aliphatic carbocycles. The van der Waals surface area contributed by atoms with Crippen LogP contribution in [-0.2, 0) is 4.74 Å². The highest BCUT2D eigenvalue weighted by Crippen LogP contribution is 2.23. The van der Waals surface area contributed by atoms with E-state index in [4.69, 9.17) is 10.8 Å². The maximum atomic E-state index is 11.4. The van der Waals surface area contributed by atoms with Gasteiger partial charge in [-0.1, -0.05) is 0 Å². The standard InChI is InChI=1S/C14H19N3O4/c1-21-13(18)9-4-5-12(11(15)7-9)16-8-10-3-2-6-17(10)14(19)20/h4-5,7,10,16H,2-3,6,8,15H2,1H3,(H,19,20)/t10-/m1/s1. The minimum atomic E-state index is -0.895. The van der Waals surface area contributed by atoms with Crippen LogP contribution in [0.4, 0.5) is 16.2 Å². The number of rotatable bonds is 4. The molecule has 114 valence electrons. The molecule has 1 atom stereocenters. The smallest absolute Gasteiger partial charge is 0.407 e. The highest BCUT2D eigenvalue weighted by atomic mass is 16.5. The molecule has 1 aliphatic heterocycles. The van der Waals surface area contributed by atoms with E-state index in [0.717, 1.165) is 12.8 Å². The van der Waals surface area contributed by atoms with Gasteiger partial charge in [0, 0.05) is 13.1 Å². The maximum absolute atomic E-state index is 11.4. The first-order valence-corrected chi connectivity index (χ1v) is 6.74. The lowest BCUT2D eigenvalue weighted by molar-refractivity contribution is 0.0600. The van der Waals surface area contributed by atoms with E-state index in [9.17, 15) is 9.59 Å². The molecule has 7 heteroatoms. The lowest BCUT2D eigenvalue weighted by Crippen LogP contribution is -2.38. The van der Waals surface area contributed by atoms with Crippen LogP contribution >= 0.6 is 0 Å². The minimum Gasteiger partial charge on any atom is -0.465 e. The van der Waals surface area contributed by atoms with Gasteiger partial charge in [0.05, 0.1) is 30.1 Å². The van der Waals surface area contributed by atoms with Crippen molar-refractivity contribution in [2.24, 2.45) is 0 Å². The summed E-state index contributed by atoms with van der Waals surface area (Å²) in [6.45, 7) is 1.06. The Labute approximate surface area is 122 Å². The van der Waals surface area contributed by atoms with E-state index in [1.807, 2.05) is 0 Å². The largest absolute Gasteiger partial charge is 0.465 e. The van der Waals surface area contributed by atoms with E-state index in [0.29, 0.717) is 30.0 Å². The SMILES string of the molecule is COC(=O)c1ccc(NC[C@H]2CCCN2C(=O)O)c(N)c1. The summed E-state index contributed by atoms with van der Waals surface area (Å²) in [7, 11) is 1.31. The molecule has 1 heterocycles. The van der Waals surface area contributed by atoms with Crippen molar-refractivity contribution in [1.29, 1.82) is 0 Å². The van der Waals surface area contributed by atoms with Crippen LogP contribution in [0.5, 0.6) is 0 Å². The molecule has 21 heavy (non-hydrogen) atoms. The zero-order valence-electron chi connectivity index (χ0n) is 11.8. The lowest BCUT2D eigenvalue weighted by atomic mass is 10.1. The number of amides is 1. The van der Waals surface area contributed by atoms with Crippen molar-refractivity contribution in [3.63, 3.8) is 0 Å². The van der Waals surface area contributed by atoms with Crippen molar-refractivity contribution in [3.05, 3.63) is 23.8 Å². The summed E-state index contributed by atoms with van der Waals surface area (Å²) in [4.78, 5) is 23.9. The topological polar surface area (TPSA) is 105 Å². The first-order chi connectivity index (χ1) is 10.0. The molecule has 1 aliphatic rings. The Morgan fingerprint density at radius 3 is 2.90 bits per heavy atom. The number of carboxylic acid groups (broad SMARTS) is 1. The summed E-state index contributed by atoms with van der Waals surface area (Å²) in [6.07, 6.45) is 0.808. The Morgan fingerprint density at radius 1 is 1.52 bits per heavy atom. The predicted octanol–water partition coefficient (Wildman–Crippen LogP) is 1.61. The van der Waals surface area contributed by atoms with Crippen LogP contribution in [0.25, 0.3) is 0 Å². The van der Waals surface area contributed by atoms with Crippen LogP contribution in [0.2, 0.25) is 0 Å². The summed E-state index contributed by atoms with van der Waals surface area (Å²) in [5.41, 5.74) is 7.38. The number of carbonyl (C=O) groups is 2. The van der Waals surface area contributed by atoms with E-state index in [2.05, 4.69) is 10.1 Å². The van der Waals surface area contributed by atoms with Crippen molar-refractivity contribution < 1.29 is 19.4 Å².